The van der Waals surface area contributed by atoms with Gasteiger partial charge in [-0.3, -0.25) is 0 Å². The number of aromatic carboxylic acids is 1. The Balaban J connectivity index is 2.14. The molecule has 0 saturated carbocycles. The van der Waals surface area contributed by atoms with Gasteiger partial charge < -0.3 is 10.4 Å². The first kappa shape index (κ1) is 10.4. The largest absolute Gasteiger partial charge is 0.476 e. The summed E-state index contributed by atoms with van der Waals surface area (Å²) in [7, 11) is 0. The van der Waals surface area contributed by atoms with Crippen LogP contribution in [0.4, 0.5) is 10.9 Å². The second-order valence-corrected chi connectivity index (χ2v) is 3.62. The zero-order valence-corrected chi connectivity index (χ0v) is 9.02. The van der Waals surface area contributed by atoms with Crippen molar-refractivity contribution in [3.05, 3.63) is 23.9 Å². The van der Waals surface area contributed by atoms with Gasteiger partial charge in [-0.15, -0.1) is 0 Å². The molecular weight excluding hydrogens is 230 g/mol. The molecule has 0 aliphatic rings. The van der Waals surface area contributed by atoms with Gasteiger partial charge in [0.05, 0.1) is 12.4 Å². The molecule has 0 radical (unpaired) electrons. The average Bonchev–Trinajstić information content (AvgIpc) is 2.65. The number of aromatic nitrogens is 4. The first-order chi connectivity index (χ1) is 7.65. The van der Waals surface area contributed by atoms with Gasteiger partial charge in [0.25, 0.3) is 0 Å². The van der Waals surface area contributed by atoms with E-state index in [1.54, 1.807) is 6.92 Å². The van der Waals surface area contributed by atoms with Crippen molar-refractivity contribution in [1.29, 1.82) is 0 Å². The molecule has 0 aliphatic carbocycles. The molecule has 0 spiro atoms. The molecule has 7 nitrogen and oxygen atoms in total. The quantitative estimate of drug-likeness (QED) is 0.823. The highest BCUT2D eigenvalue weighted by Crippen LogP contribution is 2.15. The minimum atomic E-state index is -1.11. The zero-order chi connectivity index (χ0) is 11.5. The van der Waals surface area contributed by atoms with Gasteiger partial charge in [-0.05, 0) is 6.92 Å². The summed E-state index contributed by atoms with van der Waals surface area (Å²) < 4.78 is 3.98. The van der Waals surface area contributed by atoms with Crippen molar-refractivity contribution in [2.75, 3.05) is 5.32 Å². The topological polar surface area (TPSA) is 101 Å². The predicted octanol–water partition coefficient (Wildman–Crippen LogP) is 1.08. The van der Waals surface area contributed by atoms with Gasteiger partial charge in [0, 0.05) is 11.5 Å². The van der Waals surface area contributed by atoms with Crippen LogP contribution in [0.25, 0.3) is 0 Å². The number of carboxylic acids is 1. The maximum atomic E-state index is 10.5. The lowest BCUT2D eigenvalue weighted by Crippen LogP contribution is -2.02. The zero-order valence-electron chi connectivity index (χ0n) is 8.21. The first-order valence-electron chi connectivity index (χ1n) is 4.28. The van der Waals surface area contributed by atoms with E-state index < -0.39 is 5.97 Å². The molecule has 2 N–H and O–H groups in total. The fourth-order valence-corrected chi connectivity index (χ4v) is 1.54. The van der Waals surface area contributed by atoms with Gasteiger partial charge >= 0.3 is 5.97 Å². The summed E-state index contributed by atoms with van der Waals surface area (Å²) >= 11 is 1.20. The van der Waals surface area contributed by atoms with E-state index in [1.165, 1.54) is 23.9 Å². The fourth-order valence-electron chi connectivity index (χ4n) is 0.960. The van der Waals surface area contributed by atoms with Crippen LogP contribution in [-0.4, -0.2) is 30.4 Å². The number of anilines is 2. The highest BCUT2D eigenvalue weighted by molar-refractivity contribution is 7.09. The van der Waals surface area contributed by atoms with Crippen molar-refractivity contribution in [2.45, 2.75) is 6.92 Å². The Bertz CT molecular complexity index is 509. The monoisotopic (exact) mass is 237 g/mol. The molecule has 0 saturated heterocycles. The second kappa shape index (κ2) is 4.19. The molecular formula is C8H7N5O2S. The Labute approximate surface area is 94.4 Å². The van der Waals surface area contributed by atoms with E-state index in [0.717, 1.165) is 0 Å². The summed E-state index contributed by atoms with van der Waals surface area (Å²) in [6.07, 6.45) is 2.51. The van der Waals surface area contributed by atoms with Crippen LogP contribution in [0.3, 0.4) is 0 Å². The van der Waals surface area contributed by atoms with E-state index in [4.69, 9.17) is 5.11 Å². The van der Waals surface area contributed by atoms with E-state index in [-0.39, 0.29) is 5.69 Å². The van der Waals surface area contributed by atoms with Crippen molar-refractivity contribution in [1.82, 2.24) is 19.3 Å². The van der Waals surface area contributed by atoms with Crippen LogP contribution in [0.2, 0.25) is 0 Å². The molecule has 16 heavy (non-hydrogen) atoms. The lowest BCUT2D eigenvalue weighted by atomic mass is 10.4. The third-order valence-electron chi connectivity index (χ3n) is 1.63. The van der Waals surface area contributed by atoms with Crippen molar-refractivity contribution in [3.63, 3.8) is 0 Å². The molecule has 0 fully saturated rings. The van der Waals surface area contributed by atoms with Crippen LogP contribution in [0.1, 0.15) is 16.3 Å². The van der Waals surface area contributed by atoms with Crippen LogP contribution in [0.5, 0.6) is 0 Å². The Hall–Kier alpha value is -2.09. The number of carbonyl (C=O) groups is 1. The van der Waals surface area contributed by atoms with Gasteiger partial charge in [-0.1, -0.05) is 0 Å². The molecule has 2 aromatic rings. The number of carboxylic acid groups (broad SMARTS) is 1. The molecule has 0 unspecified atom stereocenters. The second-order valence-electron chi connectivity index (χ2n) is 2.86. The molecule has 0 aliphatic heterocycles. The van der Waals surface area contributed by atoms with Crippen molar-refractivity contribution >= 4 is 28.5 Å². The van der Waals surface area contributed by atoms with Crippen LogP contribution in [-0.2, 0) is 0 Å². The van der Waals surface area contributed by atoms with E-state index >= 15 is 0 Å². The van der Waals surface area contributed by atoms with Crippen LogP contribution in [0, 0.1) is 6.92 Å². The number of hydrogen-bond donors (Lipinski definition) is 2. The summed E-state index contributed by atoms with van der Waals surface area (Å²) in [6.45, 7) is 1.78. The number of nitrogens with one attached hydrogen (secondary N) is 1. The normalized spacial score (nSPS) is 10.1. The van der Waals surface area contributed by atoms with Crippen LogP contribution < -0.4 is 5.32 Å². The highest BCUT2D eigenvalue weighted by atomic mass is 32.1. The molecule has 0 aromatic carbocycles. The maximum Gasteiger partial charge on any atom is 0.356 e. The van der Waals surface area contributed by atoms with Crippen molar-refractivity contribution in [3.8, 4) is 0 Å². The van der Waals surface area contributed by atoms with E-state index in [0.29, 0.717) is 16.8 Å². The molecule has 0 amide bonds. The number of hydrogen-bond acceptors (Lipinski definition) is 7. The summed E-state index contributed by atoms with van der Waals surface area (Å²) in [5.74, 6) is -0.00502. The average molecular weight is 237 g/mol. The van der Waals surface area contributed by atoms with Gasteiger partial charge in [-0.25, -0.2) is 19.7 Å². The Kier molecular flexibility index (Phi) is 2.73. The minimum absolute atomic E-state index is 0.0982. The van der Waals surface area contributed by atoms with Gasteiger partial charge in [-0.2, -0.15) is 4.37 Å². The molecule has 2 aromatic heterocycles. The summed E-state index contributed by atoms with van der Waals surface area (Å²) in [4.78, 5) is 22.2. The number of aryl methyl sites for hydroxylation is 1. The predicted molar refractivity (Wildman–Crippen MR) is 56.9 cm³/mol. The van der Waals surface area contributed by atoms with E-state index in [2.05, 4.69) is 24.6 Å². The fraction of sp³-hybridized carbons (Fsp3) is 0.125. The molecule has 0 bridgehead atoms. The third kappa shape index (κ3) is 2.28. The smallest absolute Gasteiger partial charge is 0.356 e. The molecule has 8 heteroatoms. The molecule has 0 atom stereocenters. The maximum absolute atomic E-state index is 10.5. The lowest BCUT2D eigenvalue weighted by molar-refractivity contribution is 0.0690. The van der Waals surface area contributed by atoms with E-state index in [1.807, 2.05) is 0 Å². The van der Waals surface area contributed by atoms with Crippen molar-refractivity contribution < 1.29 is 9.90 Å². The van der Waals surface area contributed by atoms with Crippen LogP contribution >= 0.6 is 11.5 Å². The third-order valence-corrected chi connectivity index (χ3v) is 2.36. The van der Waals surface area contributed by atoms with Crippen molar-refractivity contribution in [2.24, 2.45) is 0 Å². The Morgan fingerprint density at radius 3 is 2.75 bits per heavy atom. The minimum Gasteiger partial charge on any atom is -0.476 e. The number of nitrogens with zero attached hydrogens (tertiary/aromatic N) is 4. The Morgan fingerprint density at radius 1 is 1.44 bits per heavy atom. The van der Waals surface area contributed by atoms with Gasteiger partial charge in [0.1, 0.15) is 5.82 Å². The standard InChI is InChI=1S/C8H7N5O2S/c1-4-11-8(16-13-4)12-6-3-9-5(2-10-6)7(14)15/h2-3H,1H3,(H,14,15)(H,10,11,12,13). The SMILES string of the molecule is Cc1nsc(Nc2cnc(C(=O)O)cn2)n1. The molecule has 2 rings (SSSR count). The number of rotatable bonds is 3. The van der Waals surface area contributed by atoms with Gasteiger partial charge in [0.2, 0.25) is 5.13 Å². The van der Waals surface area contributed by atoms with Gasteiger partial charge in [0.15, 0.2) is 11.5 Å². The Morgan fingerprint density at radius 2 is 2.25 bits per heavy atom. The summed E-state index contributed by atoms with van der Waals surface area (Å²) in [6, 6.07) is 0. The highest BCUT2D eigenvalue weighted by Gasteiger charge is 2.06. The van der Waals surface area contributed by atoms with E-state index in [9.17, 15) is 4.79 Å². The van der Waals surface area contributed by atoms with Crippen LogP contribution in [0.15, 0.2) is 12.4 Å². The molecule has 2 heterocycles. The first-order valence-corrected chi connectivity index (χ1v) is 5.05. The summed E-state index contributed by atoms with van der Waals surface area (Å²) in [5.41, 5.74) is -0.0982. The molecule has 82 valence electrons. The summed E-state index contributed by atoms with van der Waals surface area (Å²) in [5, 5.41) is 12.1. The lowest BCUT2D eigenvalue weighted by Gasteiger charge is -1.99.